The molecule has 1 unspecified atom stereocenters. The van der Waals surface area contributed by atoms with Crippen molar-refractivity contribution in [3.05, 3.63) is 32.6 Å². The Kier molecular flexibility index (Phi) is 2.87. The van der Waals surface area contributed by atoms with Gasteiger partial charge in [-0.05, 0) is 12.8 Å². The molecular formula is C11H14N2O4. The minimum Gasteiger partial charge on any atom is -0.465 e. The Hall–Kier alpha value is -1.85. The number of ether oxygens (including phenoxy) is 1. The molecule has 17 heavy (non-hydrogen) atoms. The first kappa shape index (κ1) is 11.6. The van der Waals surface area contributed by atoms with Crippen molar-refractivity contribution < 1.29 is 9.53 Å². The summed E-state index contributed by atoms with van der Waals surface area (Å²) in [6.07, 6.45) is 2.46. The van der Waals surface area contributed by atoms with Crippen molar-refractivity contribution >= 4 is 5.97 Å². The zero-order valence-corrected chi connectivity index (χ0v) is 9.80. The molecule has 1 saturated heterocycles. The first-order valence-corrected chi connectivity index (χ1v) is 5.43. The molecule has 0 spiro atoms. The van der Waals surface area contributed by atoms with Crippen LogP contribution in [0.3, 0.4) is 0 Å². The van der Waals surface area contributed by atoms with E-state index in [4.69, 9.17) is 4.74 Å². The van der Waals surface area contributed by atoms with Crippen LogP contribution in [-0.2, 0) is 30.0 Å². The fraction of sp³-hybridized carbons (Fsp3) is 0.545. The van der Waals surface area contributed by atoms with Gasteiger partial charge in [0.2, 0.25) is 0 Å². The minimum absolute atomic E-state index is 0.263. The van der Waals surface area contributed by atoms with Crippen LogP contribution >= 0.6 is 0 Å². The predicted molar refractivity (Wildman–Crippen MR) is 59.7 cm³/mol. The van der Waals surface area contributed by atoms with Crippen molar-refractivity contribution in [1.82, 2.24) is 9.13 Å². The highest BCUT2D eigenvalue weighted by molar-refractivity contribution is 5.74. The highest BCUT2D eigenvalue weighted by Gasteiger charge is 2.27. The van der Waals surface area contributed by atoms with Crippen LogP contribution in [0.2, 0.25) is 0 Å². The van der Waals surface area contributed by atoms with Crippen LogP contribution in [-0.4, -0.2) is 21.7 Å². The van der Waals surface area contributed by atoms with Crippen molar-refractivity contribution in [3.8, 4) is 0 Å². The molecule has 1 aromatic rings. The monoisotopic (exact) mass is 238 g/mol. The van der Waals surface area contributed by atoms with Gasteiger partial charge in [-0.25, -0.2) is 4.79 Å². The van der Waals surface area contributed by atoms with E-state index in [1.807, 2.05) is 0 Å². The van der Waals surface area contributed by atoms with Crippen molar-refractivity contribution in [1.29, 1.82) is 0 Å². The van der Waals surface area contributed by atoms with Crippen LogP contribution in [0.4, 0.5) is 0 Å². The third-order valence-electron chi connectivity index (χ3n) is 3.03. The molecule has 1 aliphatic heterocycles. The molecule has 1 atom stereocenters. The van der Waals surface area contributed by atoms with Gasteiger partial charge in [0.25, 0.3) is 5.56 Å². The van der Waals surface area contributed by atoms with Crippen molar-refractivity contribution in [2.24, 2.45) is 20.0 Å². The van der Waals surface area contributed by atoms with Gasteiger partial charge in [0, 0.05) is 25.9 Å². The lowest BCUT2D eigenvalue weighted by Crippen LogP contribution is -2.39. The van der Waals surface area contributed by atoms with Crippen molar-refractivity contribution in [3.63, 3.8) is 0 Å². The standard InChI is InChI=1S/C11H14N2O4/c1-12-6-8(9(14)13(2)11(12)16)5-7-3-4-17-10(7)15/h6-7H,3-5H2,1-2H3. The summed E-state index contributed by atoms with van der Waals surface area (Å²) in [5.41, 5.74) is -0.237. The number of hydrogen-bond acceptors (Lipinski definition) is 4. The molecule has 1 aliphatic rings. The number of nitrogens with zero attached hydrogens (tertiary/aromatic N) is 2. The summed E-state index contributed by atoms with van der Waals surface area (Å²) in [5, 5.41) is 0. The number of aryl methyl sites for hydroxylation is 1. The second kappa shape index (κ2) is 4.20. The van der Waals surface area contributed by atoms with Crippen LogP contribution < -0.4 is 11.2 Å². The van der Waals surface area contributed by atoms with Crippen molar-refractivity contribution in [2.75, 3.05) is 6.61 Å². The first-order valence-electron chi connectivity index (χ1n) is 5.43. The van der Waals surface area contributed by atoms with Gasteiger partial charge in [-0.3, -0.25) is 14.2 Å². The number of aromatic nitrogens is 2. The maximum absolute atomic E-state index is 11.8. The van der Waals surface area contributed by atoms with Gasteiger partial charge < -0.3 is 9.30 Å². The zero-order chi connectivity index (χ0) is 12.6. The third-order valence-corrected chi connectivity index (χ3v) is 3.03. The maximum atomic E-state index is 11.8. The Morgan fingerprint density at radius 3 is 2.65 bits per heavy atom. The molecule has 0 amide bonds. The lowest BCUT2D eigenvalue weighted by Gasteiger charge is -2.08. The fourth-order valence-electron chi connectivity index (χ4n) is 2.01. The second-order valence-corrected chi connectivity index (χ2v) is 4.27. The summed E-state index contributed by atoms with van der Waals surface area (Å²) in [4.78, 5) is 34.6. The normalized spacial score (nSPS) is 19.4. The smallest absolute Gasteiger partial charge is 0.330 e. The molecular weight excluding hydrogens is 224 g/mol. The predicted octanol–water partition coefficient (Wildman–Crippen LogP) is -0.810. The van der Waals surface area contributed by atoms with E-state index in [9.17, 15) is 14.4 Å². The molecule has 0 radical (unpaired) electrons. The van der Waals surface area contributed by atoms with E-state index >= 15 is 0 Å². The highest BCUT2D eigenvalue weighted by atomic mass is 16.5. The van der Waals surface area contributed by atoms with E-state index in [-0.39, 0.29) is 23.1 Å². The molecule has 0 saturated carbocycles. The Bertz CT molecular complexity index is 570. The van der Waals surface area contributed by atoms with Crippen molar-refractivity contribution in [2.45, 2.75) is 12.8 Å². The Labute approximate surface area is 97.4 Å². The van der Waals surface area contributed by atoms with Gasteiger partial charge in [-0.2, -0.15) is 0 Å². The Balaban J connectivity index is 2.37. The summed E-state index contributed by atoms with van der Waals surface area (Å²) in [7, 11) is 3.01. The van der Waals surface area contributed by atoms with Gasteiger partial charge >= 0.3 is 11.7 Å². The van der Waals surface area contributed by atoms with E-state index in [0.717, 1.165) is 4.57 Å². The molecule has 6 nitrogen and oxygen atoms in total. The van der Waals surface area contributed by atoms with Crippen LogP contribution in [0.5, 0.6) is 0 Å². The van der Waals surface area contributed by atoms with E-state index in [0.29, 0.717) is 25.0 Å². The third kappa shape index (κ3) is 2.02. The molecule has 6 heteroatoms. The lowest BCUT2D eigenvalue weighted by molar-refractivity contribution is -0.141. The van der Waals surface area contributed by atoms with Gasteiger partial charge in [-0.1, -0.05) is 0 Å². The SMILES string of the molecule is Cn1cc(CC2CCOC2=O)c(=O)n(C)c1=O. The first-order chi connectivity index (χ1) is 8.00. The summed E-state index contributed by atoms with van der Waals surface area (Å²) >= 11 is 0. The van der Waals surface area contributed by atoms with E-state index in [2.05, 4.69) is 0 Å². The average Bonchev–Trinajstić information content (AvgIpc) is 2.69. The van der Waals surface area contributed by atoms with E-state index in [1.165, 1.54) is 17.8 Å². The molecule has 92 valence electrons. The summed E-state index contributed by atoms with van der Waals surface area (Å²) in [5.74, 6) is -0.527. The van der Waals surface area contributed by atoms with Crippen LogP contribution in [0.15, 0.2) is 15.8 Å². The van der Waals surface area contributed by atoms with Crippen LogP contribution in [0, 0.1) is 5.92 Å². The highest BCUT2D eigenvalue weighted by Crippen LogP contribution is 2.17. The molecule has 1 aromatic heterocycles. The van der Waals surface area contributed by atoms with E-state index in [1.54, 1.807) is 7.05 Å². The fourth-order valence-corrected chi connectivity index (χ4v) is 2.01. The lowest BCUT2D eigenvalue weighted by atomic mass is 10.00. The maximum Gasteiger partial charge on any atom is 0.330 e. The number of esters is 1. The summed E-state index contributed by atoms with van der Waals surface area (Å²) in [6, 6.07) is 0. The van der Waals surface area contributed by atoms with Gasteiger partial charge in [0.15, 0.2) is 0 Å². The van der Waals surface area contributed by atoms with E-state index < -0.39 is 0 Å². The Morgan fingerprint density at radius 1 is 1.35 bits per heavy atom. The van der Waals surface area contributed by atoms with Gasteiger partial charge in [0.05, 0.1) is 12.5 Å². The number of hydrogen-bond donors (Lipinski definition) is 0. The average molecular weight is 238 g/mol. The minimum atomic E-state index is -0.368. The largest absolute Gasteiger partial charge is 0.465 e. The molecule has 1 fully saturated rings. The second-order valence-electron chi connectivity index (χ2n) is 4.27. The zero-order valence-electron chi connectivity index (χ0n) is 9.80. The number of cyclic esters (lactones) is 1. The van der Waals surface area contributed by atoms with Gasteiger partial charge in [0.1, 0.15) is 0 Å². The van der Waals surface area contributed by atoms with Crippen LogP contribution in [0.1, 0.15) is 12.0 Å². The topological polar surface area (TPSA) is 70.3 Å². The number of carbonyl (C=O) groups is 1. The molecule has 2 heterocycles. The van der Waals surface area contributed by atoms with Gasteiger partial charge in [-0.15, -0.1) is 0 Å². The number of carbonyl (C=O) groups excluding carboxylic acids is 1. The quantitative estimate of drug-likeness (QED) is 0.632. The number of rotatable bonds is 2. The Morgan fingerprint density at radius 2 is 2.06 bits per heavy atom. The molecule has 2 rings (SSSR count). The van der Waals surface area contributed by atoms with Crippen LogP contribution in [0.25, 0.3) is 0 Å². The molecule has 0 aliphatic carbocycles. The molecule has 0 N–H and O–H groups in total. The molecule has 0 aromatic carbocycles. The molecule has 0 bridgehead atoms. The summed E-state index contributed by atoms with van der Waals surface area (Å²) < 4.78 is 7.24. The summed E-state index contributed by atoms with van der Waals surface area (Å²) in [6.45, 7) is 0.412.